The Hall–Kier alpha value is -1.96. The second-order valence-corrected chi connectivity index (χ2v) is 7.36. The topological polar surface area (TPSA) is 83.9 Å². The van der Waals surface area contributed by atoms with Gasteiger partial charge in [-0.25, -0.2) is 8.42 Å². The van der Waals surface area contributed by atoms with E-state index in [1.165, 1.54) is 49.6 Å². The maximum absolute atomic E-state index is 12.8. The van der Waals surface area contributed by atoms with Gasteiger partial charge < -0.3 is 9.84 Å². The summed E-state index contributed by atoms with van der Waals surface area (Å²) in [7, 11) is -2.65. The second kappa shape index (κ2) is 7.29. The van der Waals surface area contributed by atoms with Crippen LogP contribution >= 0.6 is 23.2 Å². The first-order valence-corrected chi connectivity index (χ1v) is 8.79. The minimum absolute atomic E-state index is 0.0735. The van der Waals surface area contributed by atoms with Crippen LogP contribution in [0, 0.1) is 0 Å². The molecule has 2 aromatic rings. The van der Waals surface area contributed by atoms with Gasteiger partial charge in [-0.1, -0.05) is 23.2 Å². The van der Waals surface area contributed by atoms with Gasteiger partial charge in [-0.3, -0.25) is 9.10 Å². The number of hydrogen-bond donors (Lipinski definition) is 1. The number of hydrogen-bond acceptors (Lipinski definition) is 4. The van der Waals surface area contributed by atoms with E-state index in [1.807, 2.05) is 0 Å². The van der Waals surface area contributed by atoms with E-state index in [0.717, 1.165) is 4.31 Å². The summed E-state index contributed by atoms with van der Waals surface area (Å²) >= 11 is 11.7. The molecule has 0 radical (unpaired) electrons. The first-order valence-electron chi connectivity index (χ1n) is 6.59. The third kappa shape index (κ3) is 3.92. The molecule has 0 saturated heterocycles. The van der Waals surface area contributed by atoms with Gasteiger partial charge >= 0.3 is 5.97 Å². The largest absolute Gasteiger partial charge is 0.497 e. The zero-order valence-corrected chi connectivity index (χ0v) is 14.8. The van der Waals surface area contributed by atoms with Gasteiger partial charge in [-0.05, 0) is 42.5 Å². The average molecular weight is 390 g/mol. The zero-order valence-electron chi connectivity index (χ0n) is 12.4. The molecule has 0 aliphatic heterocycles. The number of benzene rings is 2. The van der Waals surface area contributed by atoms with Gasteiger partial charge in [0, 0.05) is 0 Å². The van der Waals surface area contributed by atoms with Crippen molar-refractivity contribution >= 4 is 44.9 Å². The lowest BCUT2D eigenvalue weighted by Gasteiger charge is -2.23. The summed E-state index contributed by atoms with van der Waals surface area (Å²) < 4.78 is 31.4. The summed E-state index contributed by atoms with van der Waals surface area (Å²) in [6.45, 7) is -0.758. The van der Waals surface area contributed by atoms with Gasteiger partial charge in [0.15, 0.2) is 0 Å². The Kier molecular flexibility index (Phi) is 5.58. The summed E-state index contributed by atoms with van der Waals surface area (Å²) in [6, 6.07) is 9.70. The molecule has 9 heteroatoms. The van der Waals surface area contributed by atoms with Crippen LogP contribution in [0.25, 0.3) is 0 Å². The van der Waals surface area contributed by atoms with Crippen molar-refractivity contribution in [2.45, 2.75) is 4.90 Å². The van der Waals surface area contributed by atoms with Crippen LogP contribution in [0.2, 0.25) is 10.0 Å². The summed E-state index contributed by atoms with van der Waals surface area (Å²) in [4.78, 5) is 11.1. The Labute approximate surface area is 149 Å². The van der Waals surface area contributed by atoms with Crippen LogP contribution in [0.4, 0.5) is 5.69 Å². The van der Waals surface area contributed by atoms with Gasteiger partial charge in [0.25, 0.3) is 10.0 Å². The highest BCUT2D eigenvalue weighted by Crippen LogP contribution is 2.30. The predicted octanol–water partition coefficient (Wildman–Crippen LogP) is 3.28. The van der Waals surface area contributed by atoms with Crippen LogP contribution in [-0.2, 0) is 14.8 Å². The molecule has 0 spiro atoms. The van der Waals surface area contributed by atoms with Crippen LogP contribution < -0.4 is 9.04 Å². The molecule has 1 N–H and O–H groups in total. The number of carbonyl (C=O) groups is 1. The minimum Gasteiger partial charge on any atom is -0.497 e. The molecule has 0 atom stereocenters. The quantitative estimate of drug-likeness (QED) is 0.819. The van der Waals surface area contributed by atoms with E-state index < -0.39 is 22.5 Å². The van der Waals surface area contributed by atoms with E-state index in [4.69, 9.17) is 33.0 Å². The van der Waals surface area contributed by atoms with Crippen molar-refractivity contribution in [1.29, 1.82) is 0 Å². The molecule has 6 nitrogen and oxygen atoms in total. The van der Waals surface area contributed by atoms with Crippen LogP contribution in [0.5, 0.6) is 5.75 Å². The van der Waals surface area contributed by atoms with Crippen molar-refractivity contribution in [3.05, 3.63) is 52.5 Å². The van der Waals surface area contributed by atoms with Crippen LogP contribution in [0.1, 0.15) is 0 Å². The van der Waals surface area contributed by atoms with Crippen molar-refractivity contribution in [1.82, 2.24) is 0 Å². The molecule has 0 aromatic heterocycles. The third-order valence-electron chi connectivity index (χ3n) is 3.12. The number of methoxy groups -OCH3 is 1. The van der Waals surface area contributed by atoms with Gasteiger partial charge in [0.2, 0.25) is 0 Å². The monoisotopic (exact) mass is 389 g/mol. The fraction of sp³-hybridized carbons (Fsp3) is 0.133. The summed E-state index contributed by atoms with van der Waals surface area (Å²) in [6.07, 6.45) is 0. The fourth-order valence-corrected chi connectivity index (χ4v) is 3.65. The van der Waals surface area contributed by atoms with Crippen molar-refractivity contribution in [2.75, 3.05) is 18.0 Å². The van der Waals surface area contributed by atoms with Gasteiger partial charge in [-0.2, -0.15) is 0 Å². The predicted molar refractivity (Wildman–Crippen MR) is 91.6 cm³/mol. The maximum atomic E-state index is 12.8. The van der Waals surface area contributed by atoms with Crippen LogP contribution in [-0.4, -0.2) is 33.1 Å². The molecular formula is C15H13Cl2NO5S. The lowest BCUT2D eigenvalue weighted by atomic mass is 10.3. The Morgan fingerprint density at radius 3 is 2.25 bits per heavy atom. The molecule has 0 heterocycles. The van der Waals surface area contributed by atoms with Crippen LogP contribution in [0.15, 0.2) is 47.4 Å². The SMILES string of the molecule is COc1ccc(S(=O)(=O)N(CC(=O)O)c2ccc(Cl)c(Cl)c2)cc1. The summed E-state index contributed by atoms with van der Waals surface area (Å²) in [5, 5.41) is 9.43. The second-order valence-electron chi connectivity index (χ2n) is 4.68. The Bertz CT molecular complexity index is 853. The Morgan fingerprint density at radius 1 is 1.12 bits per heavy atom. The molecule has 0 amide bonds. The highest BCUT2D eigenvalue weighted by atomic mass is 35.5. The maximum Gasteiger partial charge on any atom is 0.324 e. The minimum atomic E-state index is -4.11. The molecule has 0 unspecified atom stereocenters. The molecule has 0 saturated carbocycles. The molecule has 0 bridgehead atoms. The van der Waals surface area contributed by atoms with E-state index in [0.29, 0.717) is 5.75 Å². The van der Waals surface area contributed by atoms with E-state index in [1.54, 1.807) is 0 Å². The smallest absolute Gasteiger partial charge is 0.324 e. The Morgan fingerprint density at radius 2 is 1.75 bits per heavy atom. The van der Waals surface area contributed by atoms with Crippen LogP contribution in [0.3, 0.4) is 0 Å². The summed E-state index contributed by atoms with van der Waals surface area (Å²) in [5.74, 6) is -0.827. The number of carboxylic acids is 1. The third-order valence-corrected chi connectivity index (χ3v) is 5.64. The van der Waals surface area contributed by atoms with E-state index in [2.05, 4.69) is 0 Å². The number of halogens is 2. The summed E-state index contributed by atoms with van der Waals surface area (Å²) in [5.41, 5.74) is 0.0996. The normalized spacial score (nSPS) is 11.1. The number of ether oxygens (including phenoxy) is 1. The number of anilines is 1. The fourth-order valence-electron chi connectivity index (χ4n) is 1.95. The molecule has 0 aliphatic carbocycles. The van der Waals surface area contributed by atoms with E-state index in [9.17, 15) is 13.2 Å². The van der Waals surface area contributed by atoms with Crippen molar-refractivity contribution in [2.24, 2.45) is 0 Å². The molecule has 2 rings (SSSR count). The highest BCUT2D eigenvalue weighted by Gasteiger charge is 2.27. The van der Waals surface area contributed by atoms with Crippen molar-refractivity contribution < 1.29 is 23.1 Å². The lowest BCUT2D eigenvalue weighted by molar-refractivity contribution is -0.135. The van der Waals surface area contributed by atoms with Crippen molar-refractivity contribution in [3.8, 4) is 5.75 Å². The molecule has 24 heavy (non-hydrogen) atoms. The molecular weight excluding hydrogens is 377 g/mol. The van der Waals surface area contributed by atoms with Crippen molar-refractivity contribution in [3.63, 3.8) is 0 Å². The number of nitrogens with zero attached hydrogens (tertiary/aromatic N) is 1. The number of sulfonamides is 1. The van der Waals surface area contributed by atoms with Gasteiger partial charge in [0.05, 0.1) is 27.7 Å². The first kappa shape index (κ1) is 18.4. The lowest BCUT2D eigenvalue weighted by Crippen LogP contribution is -2.35. The number of carboxylic acid groups (broad SMARTS) is 1. The van der Waals surface area contributed by atoms with Gasteiger partial charge in [-0.15, -0.1) is 0 Å². The average Bonchev–Trinajstić information content (AvgIpc) is 2.55. The Balaban J connectivity index is 2.52. The highest BCUT2D eigenvalue weighted by molar-refractivity contribution is 7.92. The standard InChI is InChI=1S/C15H13Cl2NO5S/c1-23-11-3-5-12(6-4-11)24(21,22)18(9-15(19)20)10-2-7-13(16)14(17)8-10/h2-8H,9H2,1H3,(H,19,20). The molecule has 0 fully saturated rings. The molecule has 2 aromatic carbocycles. The number of aliphatic carboxylic acids is 1. The number of rotatable bonds is 6. The molecule has 128 valence electrons. The molecule has 0 aliphatic rings. The first-order chi connectivity index (χ1) is 11.3. The van der Waals surface area contributed by atoms with E-state index in [-0.39, 0.29) is 20.6 Å². The van der Waals surface area contributed by atoms with Gasteiger partial charge in [0.1, 0.15) is 12.3 Å². The zero-order chi connectivity index (χ0) is 17.9. The van der Waals surface area contributed by atoms with E-state index >= 15 is 0 Å².